The fourth-order valence-electron chi connectivity index (χ4n) is 1.43. The Morgan fingerprint density at radius 1 is 1.50 bits per heavy atom. The van der Waals surface area contributed by atoms with E-state index in [1.807, 2.05) is 37.3 Å². The maximum atomic E-state index is 11.6. The molecule has 1 rings (SSSR count). The summed E-state index contributed by atoms with van der Waals surface area (Å²) in [6, 6.07) is 9.67. The van der Waals surface area contributed by atoms with E-state index in [0.29, 0.717) is 6.42 Å². The third-order valence-electron chi connectivity index (χ3n) is 2.48. The van der Waals surface area contributed by atoms with Crippen LogP contribution in [0.15, 0.2) is 24.3 Å². The topological polar surface area (TPSA) is 52.9 Å². The second-order valence-corrected chi connectivity index (χ2v) is 3.63. The Kier molecular flexibility index (Phi) is 4.53. The van der Waals surface area contributed by atoms with Crippen molar-refractivity contribution in [1.29, 1.82) is 5.26 Å². The summed E-state index contributed by atoms with van der Waals surface area (Å²) in [5, 5.41) is 11.5. The second-order valence-electron chi connectivity index (χ2n) is 3.63. The number of anilines is 1. The first-order valence-corrected chi connectivity index (χ1v) is 5.50. The number of amides is 1. The Balaban J connectivity index is 2.73. The average Bonchev–Trinajstić information content (AvgIpc) is 2.31. The van der Waals surface area contributed by atoms with Gasteiger partial charge in [-0.25, -0.2) is 0 Å². The fraction of sp³-hybridized carbons (Fsp3) is 0.385. The lowest BCUT2D eigenvalue weighted by Gasteiger charge is -2.09. The van der Waals surface area contributed by atoms with E-state index in [9.17, 15) is 4.79 Å². The molecule has 0 radical (unpaired) electrons. The van der Waals surface area contributed by atoms with Gasteiger partial charge in [0.2, 0.25) is 5.91 Å². The second kappa shape index (κ2) is 5.92. The highest BCUT2D eigenvalue weighted by Gasteiger charge is 2.15. The van der Waals surface area contributed by atoms with Crippen LogP contribution < -0.4 is 5.32 Å². The van der Waals surface area contributed by atoms with Crippen LogP contribution in [0.4, 0.5) is 5.69 Å². The third kappa shape index (κ3) is 3.09. The van der Waals surface area contributed by atoms with Crippen LogP contribution >= 0.6 is 0 Å². The van der Waals surface area contributed by atoms with Gasteiger partial charge in [0, 0.05) is 5.69 Å². The van der Waals surface area contributed by atoms with Gasteiger partial charge < -0.3 is 5.32 Å². The molecule has 16 heavy (non-hydrogen) atoms. The summed E-state index contributed by atoms with van der Waals surface area (Å²) < 4.78 is 0. The minimum Gasteiger partial charge on any atom is -0.325 e. The van der Waals surface area contributed by atoms with Gasteiger partial charge in [-0.05, 0) is 30.5 Å². The zero-order chi connectivity index (χ0) is 12.0. The van der Waals surface area contributed by atoms with Gasteiger partial charge in [-0.15, -0.1) is 0 Å². The Hall–Kier alpha value is -1.82. The van der Waals surface area contributed by atoms with E-state index in [2.05, 4.69) is 12.2 Å². The number of nitriles is 1. The molecule has 3 nitrogen and oxygen atoms in total. The number of rotatable bonds is 4. The molecule has 3 heteroatoms. The first-order valence-electron chi connectivity index (χ1n) is 5.50. The molecule has 84 valence electrons. The maximum Gasteiger partial charge on any atom is 0.241 e. The lowest BCUT2D eigenvalue weighted by atomic mass is 10.1. The summed E-state index contributed by atoms with van der Waals surface area (Å²) in [5.41, 5.74) is 1.93. The van der Waals surface area contributed by atoms with E-state index in [-0.39, 0.29) is 5.91 Å². The standard InChI is InChI=1S/C13H16N2O/c1-3-10-6-5-7-12(8-10)15-13(16)11(4-2)9-14/h5-8,11H,3-4H2,1-2H3,(H,15,16). The van der Waals surface area contributed by atoms with Crippen LogP contribution in [-0.4, -0.2) is 5.91 Å². The summed E-state index contributed by atoms with van der Waals surface area (Å²) in [4.78, 5) is 11.6. The summed E-state index contributed by atoms with van der Waals surface area (Å²) in [6.45, 7) is 3.89. The molecule has 0 aliphatic rings. The molecule has 1 aromatic carbocycles. The predicted molar refractivity (Wildman–Crippen MR) is 63.8 cm³/mol. The Bertz CT molecular complexity index is 407. The van der Waals surface area contributed by atoms with Gasteiger partial charge in [-0.1, -0.05) is 26.0 Å². The van der Waals surface area contributed by atoms with Gasteiger partial charge >= 0.3 is 0 Å². The lowest BCUT2D eigenvalue weighted by Crippen LogP contribution is -2.20. The number of benzene rings is 1. The van der Waals surface area contributed by atoms with Gasteiger partial charge in [0.05, 0.1) is 6.07 Å². The lowest BCUT2D eigenvalue weighted by molar-refractivity contribution is -0.118. The number of nitrogens with zero attached hydrogens (tertiary/aromatic N) is 1. The highest BCUT2D eigenvalue weighted by molar-refractivity contribution is 5.94. The van der Waals surface area contributed by atoms with Crippen LogP contribution in [0.25, 0.3) is 0 Å². The Morgan fingerprint density at radius 3 is 2.81 bits per heavy atom. The highest BCUT2D eigenvalue weighted by Crippen LogP contribution is 2.13. The molecule has 0 aliphatic heterocycles. The van der Waals surface area contributed by atoms with E-state index >= 15 is 0 Å². The Labute approximate surface area is 96.1 Å². The van der Waals surface area contributed by atoms with Crippen LogP contribution in [0.5, 0.6) is 0 Å². The fourth-order valence-corrected chi connectivity index (χ4v) is 1.43. The molecule has 0 heterocycles. The molecule has 1 atom stereocenters. The predicted octanol–water partition coefficient (Wildman–Crippen LogP) is 2.74. The van der Waals surface area contributed by atoms with Crippen molar-refractivity contribution in [3.05, 3.63) is 29.8 Å². The summed E-state index contributed by atoms with van der Waals surface area (Å²) >= 11 is 0. The average molecular weight is 216 g/mol. The van der Waals surface area contributed by atoms with Crippen molar-refractivity contribution >= 4 is 11.6 Å². The summed E-state index contributed by atoms with van der Waals surface area (Å²) in [7, 11) is 0. The van der Waals surface area contributed by atoms with E-state index < -0.39 is 5.92 Å². The van der Waals surface area contributed by atoms with Crippen molar-refractivity contribution in [2.75, 3.05) is 5.32 Å². The van der Waals surface area contributed by atoms with Crippen LogP contribution in [0.3, 0.4) is 0 Å². The minimum atomic E-state index is -0.565. The van der Waals surface area contributed by atoms with E-state index in [0.717, 1.165) is 12.1 Å². The van der Waals surface area contributed by atoms with Crippen molar-refractivity contribution in [3.8, 4) is 6.07 Å². The highest BCUT2D eigenvalue weighted by atomic mass is 16.1. The van der Waals surface area contributed by atoms with Gasteiger partial charge in [0.1, 0.15) is 5.92 Å². The van der Waals surface area contributed by atoms with Gasteiger partial charge in [-0.3, -0.25) is 4.79 Å². The monoisotopic (exact) mass is 216 g/mol. The van der Waals surface area contributed by atoms with Crippen LogP contribution in [-0.2, 0) is 11.2 Å². The van der Waals surface area contributed by atoms with Crippen molar-refractivity contribution in [1.82, 2.24) is 0 Å². The molecular weight excluding hydrogens is 200 g/mol. The van der Waals surface area contributed by atoms with Crippen molar-refractivity contribution in [2.24, 2.45) is 5.92 Å². The van der Waals surface area contributed by atoms with Crippen LogP contribution in [0, 0.1) is 17.2 Å². The molecule has 0 aromatic heterocycles. The normalized spacial score (nSPS) is 11.6. The SMILES string of the molecule is CCc1cccc(NC(=O)C(C#N)CC)c1. The van der Waals surface area contributed by atoms with E-state index in [1.165, 1.54) is 5.56 Å². The number of hydrogen-bond donors (Lipinski definition) is 1. The zero-order valence-corrected chi connectivity index (χ0v) is 9.66. The maximum absolute atomic E-state index is 11.6. The molecule has 0 saturated carbocycles. The van der Waals surface area contributed by atoms with Gasteiger partial charge in [0.25, 0.3) is 0 Å². The molecule has 0 bridgehead atoms. The first-order chi connectivity index (χ1) is 7.71. The van der Waals surface area contributed by atoms with Crippen molar-refractivity contribution in [2.45, 2.75) is 26.7 Å². The number of carbonyl (C=O) groups is 1. The number of carbonyl (C=O) groups excluding carboxylic acids is 1. The van der Waals surface area contributed by atoms with Crippen LogP contribution in [0.2, 0.25) is 0 Å². The molecule has 0 aliphatic carbocycles. The van der Waals surface area contributed by atoms with E-state index in [1.54, 1.807) is 0 Å². The molecular formula is C13H16N2O. The largest absolute Gasteiger partial charge is 0.325 e. The third-order valence-corrected chi connectivity index (χ3v) is 2.48. The summed E-state index contributed by atoms with van der Waals surface area (Å²) in [5.74, 6) is -0.788. The molecule has 1 N–H and O–H groups in total. The van der Waals surface area contributed by atoms with Gasteiger partial charge in [-0.2, -0.15) is 5.26 Å². The van der Waals surface area contributed by atoms with Crippen molar-refractivity contribution in [3.63, 3.8) is 0 Å². The molecule has 0 fully saturated rings. The van der Waals surface area contributed by atoms with Crippen molar-refractivity contribution < 1.29 is 4.79 Å². The minimum absolute atomic E-state index is 0.224. The Morgan fingerprint density at radius 2 is 2.25 bits per heavy atom. The number of nitrogens with one attached hydrogen (secondary N) is 1. The van der Waals surface area contributed by atoms with Crippen LogP contribution in [0.1, 0.15) is 25.8 Å². The quantitative estimate of drug-likeness (QED) is 0.841. The molecule has 1 aromatic rings. The number of hydrogen-bond acceptors (Lipinski definition) is 2. The zero-order valence-electron chi connectivity index (χ0n) is 9.66. The van der Waals surface area contributed by atoms with E-state index in [4.69, 9.17) is 5.26 Å². The smallest absolute Gasteiger partial charge is 0.241 e. The first kappa shape index (κ1) is 12.3. The molecule has 0 spiro atoms. The summed E-state index contributed by atoms with van der Waals surface area (Å²) in [6.07, 6.45) is 1.47. The molecule has 0 saturated heterocycles. The van der Waals surface area contributed by atoms with Gasteiger partial charge in [0.15, 0.2) is 0 Å². The number of aryl methyl sites for hydroxylation is 1. The molecule has 1 amide bonds. The molecule has 1 unspecified atom stereocenters.